The normalized spacial score (nSPS) is 13.4. The Hall–Kier alpha value is -4.00. The second kappa shape index (κ2) is 9.47. The lowest BCUT2D eigenvalue weighted by molar-refractivity contribution is 0.0680. The van der Waals surface area contributed by atoms with Crippen molar-refractivity contribution in [1.82, 2.24) is 15.0 Å². The summed E-state index contributed by atoms with van der Waals surface area (Å²) in [6, 6.07) is 15.3. The zero-order valence-corrected chi connectivity index (χ0v) is 19.0. The van der Waals surface area contributed by atoms with Crippen LogP contribution in [-0.4, -0.2) is 38.7 Å². The van der Waals surface area contributed by atoms with Crippen LogP contribution >= 0.6 is 0 Å². The molecule has 0 amide bonds. The van der Waals surface area contributed by atoms with E-state index in [1.807, 2.05) is 18.3 Å². The van der Waals surface area contributed by atoms with E-state index in [9.17, 15) is 9.90 Å². The third kappa shape index (κ3) is 4.55. The molecule has 7 nitrogen and oxygen atoms in total. The van der Waals surface area contributed by atoms with Gasteiger partial charge in [0, 0.05) is 29.8 Å². The first-order chi connectivity index (χ1) is 16.6. The summed E-state index contributed by atoms with van der Waals surface area (Å²) in [6.45, 7) is 2.82. The van der Waals surface area contributed by atoms with Gasteiger partial charge in [0.25, 0.3) is 0 Å². The lowest BCUT2D eigenvalue weighted by Crippen LogP contribution is -2.25. The number of ether oxygens (including phenoxy) is 1. The van der Waals surface area contributed by atoms with E-state index in [2.05, 4.69) is 45.4 Å². The predicted octanol–water partition coefficient (Wildman–Crippen LogP) is 5.28. The lowest BCUT2D eigenvalue weighted by Gasteiger charge is -2.27. The monoisotopic (exact) mass is 454 g/mol. The van der Waals surface area contributed by atoms with Crippen LogP contribution in [0.4, 0.5) is 5.82 Å². The van der Waals surface area contributed by atoms with Gasteiger partial charge >= 0.3 is 5.97 Å². The number of rotatable bonds is 8. The van der Waals surface area contributed by atoms with Crippen molar-refractivity contribution in [2.24, 2.45) is 0 Å². The summed E-state index contributed by atoms with van der Waals surface area (Å²) in [5, 5.41) is 14.0. The van der Waals surface area contributed by atoms with Crippen LogP contribution < -0.4 is 10.1 Å². The van der Waals surface area contributed by atoms with Gasteiger partial charge in [0.15, 0.2) is 0 Å². The van der Waals surface area contributed by atoms with E-state index in [0.717, 1.165) is 42.1 Å². The fraction of sp³-hybridized carbons (Fsp3) is 0.259. The van der Waals surface area contributed by atoms with Gasteiger partial charge in [-0.2, -0.15) is 0 Å². The average Bonchev–Trinajstić information content (AvgIpc) is 2.83. The molecular weight excluding hydrogens is 428 g/mol. The maximum absolute atomic E-state index is 11.6. The molecule has 2 aromatic heterocycles. The first-order valence-corrected chi connectivity index (χ1v) is 11.5. The van der Waals surface area contributed by atoms with E-state index in [-0.39, 0.29) is 11.7 Å². The number of hydrogen-bond acceptors (Lipinski definition) is 6. The summed E-state index contributed by atoms with van der Waals surface area (Å²) in [5.41, 5.74) is 5.15. The van der Waals surface area contributed by atoms with E-state index in [1.165, 1.54) is 17.5 Å². The molecule has 34 heavy (non-hydrogen) atoms. The highest BCUT2D eigenvalue weighted by atomic mass is 16.5. The van der Waals surface area contributed by atoms with Crippen molar-refractivity contribution >= 4 is 22.7 Å². The number of nitrogens with zero attached hydrogens (tertiary/aromatic N) is 3. The van der Waals surface area contributed by atoms with Crippen molar-refractivity contribution < 1.29 is 14.6 Å². The minimum atomic E-state index is -0.995. The van der Waals surface area contributed by atoms with Gasteiger partial charge in [-0.15, -0.1) is 0 Å². The molecule has 0 radical (unpaired) electrons. The van der Waals surface area contributed by atoms with Crippen LogP contribution in [0.1, 0.15) is 40.7 Å². The lowest BCUT2D eigenvalue weighted by atomic mass is 9.96. The van der Waals surface area contributed by atoms with Gasteiger partial charge in [0.05, 0.1) is 17.3 Å². The Morgan fingerprint density at radius 2 is 2.00 bits per heavy atom. The molecule has 1 saturated carbocycles. The first kappa shape index (κ1) is 21.8. The Balaban J connectivity index is 1.30. The van der Waals surface area contributed by atoms with Crippen LogP contribution in [0, 0.1) is 6.92 Å². The maximum atomic E-state index is 11.6. The molecule has 0 aliphatic heterocycles. The molecule has 0 bridgehead atoms. The zero-order valence-electron chi connectivity index (χ0n) is 19.0. The number of carboxylic acid groups (broad SMARTS) is 1. The first-order valence-electron chi connectivity index (χ1n) is 11.5. The standard InChI is InChI=1S/C27H26N4O3/c1-17-18(7-8-19-4-3-12-29-26(17)19)11-13-28-25-15-23(30-16-31-25)20-9-10-22(27(32)33)24(14-20)34-21-5-2-6-21/h3-4,7-10,12,14-16,21H,2,5-6,11,13H2,1H3,(H,32,33)(H,28,30,31). The maximum Gasteiger partial charge on any atom is 0.339 e. The molecule has 1 fully saturated rings. The van der Waals surface area contributed by atoms with Gasteiger partial charge in [-0.1, -0.05) is 24.3 Å². The number of carbonyl (C=O) groups is 1. The second-order valence-electron chi connectivity index (χ2n) is 8.58. The van der Waals surface area contributed by atoms with Crippen LogP contribution in [0.25, 0.3) is 22.2 Å². The Kier molecular flexibility index (Phi) is 6.08. The highest BCUT2D eigenvalue weighted by molar-refractivity contribution is 5.92. The highest BCUT2D eigenvalue weighted by Gasteiger charge is 2.22. The number of carboxylic acids is 1. The van der Waals surface area contributed by atoms with Gasteiger partial charge in [0.1, 0.15) is 23.5 Å². The quantitative estimate of drug-likeness (QED) is 0.374. The molecule has 1 aliphatic carbocycles. The average molecular weight is 455 g/mol. The molecule has 5 rings (SSSR count). The van der Waals surface area contributed by atoms with E-state index in [0.29, 0.717) is 23.8 Å². The van der Waals surface area contributed by atoms with Crippen molar-refractivity contribution in [1.29, 1.82) is 0 Å². The molecule has 4 aromatic rings. The van der Waals surface area contributed by atoms with E-state index < -0.39 is 5.97 Å². The third-order valence-electron chi connectivity index (χ3n) is 6.36. The van der Waals surface area contributed by atoms with Crippen LogP contribution in [0.5, 0.6) is 5.75 Å². The summed E-state index contributed by atoms with van der Waals surface area (Å²) in [7, 11) is 0. The zero-order chi connectivity index (χ0) is 23.5. The molecule has 2 aromatic carbocycles. The Labute approximate surface area is 197 Å². The summed E-state index contributed by atoms with van der Waals surface area (Å²) in [5.74, 6) is 0.110. The number of aromatic nitrogens is 3. The summed E-state index contributed by atoms with van der Waals surface area (Å²) < 4.78 is 5.95. The van der Waals surface area contributed by atoms with E-state index >= 15 is 0 Å². The van der Waals surface area contributed by atoms with E-state index in [4.69, 9.17) is 4.74 Å². The van der Waals surface area contributed by atoms with Crippen LogP contribution in [0.3, 0.4) is 0 Å². The summed E-state index contributed by atoms with van der Waals surface area (Å²) >= 11 is 0. The van der Waals surface area contributed by atoms with Crippen molar-refractivity contribution in [2.45, 2.75) is 38.7 Å². The molecule has 1 aliphatic rings. The van der Waals surface area contributed by atoms with Gasteiger partial charge in [-0.3, -0.25) is 4.98 Å². The Morgan fingerprint density at radius 1 is 1.12 bits per heavy atom. The molecule has 2 heterocycles. The van der Waals surface area contributed by atoms with Crippen LogP contribution in [-0.2, 0) is 6.42 Å². The smallest absolute Gasteiger partial charge is 0.339 e. The van der Waals surface area contributed by atoms with Crippen molar-refractivity contribution in [2.75, 3.05) is 11.9 Å². The number of aromatic carboxylic acids is 1. The molecule has 0 saturated heterocycles. The molecule has 2 N–H and O–H groups in total. The largest absolute Gasteiger partial charge is 0.490 e. The third-order valence-corrected chi connectivity index (χ3v) is 6.36. The van der Waals surface area contributed by atoms with Crippen molar-refractivity contribution in [3.63, 3.8) is 0 Å². The number of fused-ring (bicyclic) bond motifs is 1. The molecule has 0 unspecified atom stereocenters. The molecule has 0 spiro atoms. The number of benzene rings is 2. The Morgan fingerprint density at radius 3 is 2.79 bits per heavy atom. The predicted molar refractivity (Wildman–Crippen MR) is 131 cm³/mol. The van der Waals surface area contributed by atoms with E-state index in [1.54, 1.807) is 18.2 Å². The Bertz CT molecular complexity index is 1350. The van der Waals surface area contributed by atoms with Crippen LogP contribution in [0.2, 0.25) is 0 Å². The number of hydrogen-bond donors (Lipinski definition) is 2. The topological polar surface area (TPSA) is 97.2 Å². The van der Waals surface area contributed by atoms with Crippen molar-refractivity contribution in [3.8, 4) is 17.0 Å². The van der Waals surface area contributed by atoms with Gasteiger partial charge in [-0.25, -0.2) is 14.8 Å². The number of pyridine rings is 1. The second-order valence-corrected chi connectivity index (χ2v) is 8.58. The highest BCUT2D eigenvalue weighted by Crippen LogP contribution is 2.31. The molecule has 172 valence electrons. The summed E-state index contributed by atoms with van der Waals surface area (Å²) in [4.78, 5) is 24.9. The molecule has 7 heteroatoms. The van der Waals surface area contributed by atoms with Gasteiger partial charge in [0.2, 0.25) is 0 Å². The number of anilines is 1. The molecule has 0 atom stereocenters. The fourth-order valence-corrected chi connectivity index (χ4v) is 4.16. The number of nitrogens with one attached hydrogen (secondary N) is 1. The van der Waals surface area contributed by atoms with Crippen LogP contribution in [0.15, 0.2) is 61.1 Å². The summed E-state index contributed by atoms with van der Waals surface area (Å²) in [6.07, 6.45) is 7.29. The van der Waals surface area contributed by atoms with Gasteiger partial charge in [-0.05, 0) is 61.9 Å². The number of aryl methyl sites for hydroxylation is 1. The van der Waals surface area contributed by atoms with Crippen molar-refractivity contribution in [3.05, 3.63) is 77.7 Å². The minimum Gasteiger partial charge on any atom is -0.490 e. The fourth-order valence-electron chi connectivity index (χ4n) is 4.16. The SMILES string of the molecule is Cc1c(CCNc2cc(-c3ccc(C(=O)O)c(OC4CCC4)c3)ncn2)ccc2cccnc12. The minimum absolute atomic E-state index is 0.0877. The molecular formula is C27H26N4O3. The van der Waals surface area contributed by atoms with Gasteiger partial charge < -0.3 is 15.2 Å².